The van der Waals surface area contributed by atoms with Gasteiger partial charge in [-0.2, -0.15) is 0 Å². The van der Waals surface area contributed by atoms with Crippen molar-refractivity contribution in [3.8, 4) is 0 Å². The number of hydrogen-bond donors (Lipinski definition) is 0. The molecular weight excluding hydrogens is 314 g/mol. The van der Waals surface area contributed by atoms with Crippen LogP contribution >= 0.6 is 15.9 Å². The molecule has 0 atom stereocenters. The van der Waals surface area contributed by atoms with Gasteiger partial charge in [0.2, 0.25) is 0 Å². The zero-order valence-corrected chi connectivity index (χ0v) is 14.6. The van der Waals surface area contributed by atoms with Crippen LogP contribution in [0.4, 0.5) is 0 Å². The van der Waals surface area contributed by atoms with Crippen LogP contribution in [0.2, 0.25) is 0 Å². The molecule has 0 bridgehead atoms. The van der Waals surface area contributed by atoms with E-state index in [0.717, 1.165) is 29.7 Å². The van der Waals surface area contributed by atoms with E-state index in [2.05, 4.69) is 48.5 Å². The predicted molar refractivity (Wildman–Crippen MR) is 89.2 cm³/mol. The van der Waals surface area contributed by atoms with Gasteiger partial charge >= 0.3 is 0 Å². The first-order chi connectivity index (χ1) is 9.40. The Labute approximate surface area is 131 Å². The summed E-state index contributed by atoms with van der Waals surface area (Å²) in [5.41, 5.74) is 0.793. The van der Waals surface area contributed by atoms with Crippen molar-refractivity contribution in [3.05, 3.63) is 34.3 Å². The maximum absolute atomic E-state index is 12.3. The van der Waals surface area contributed by atoms with Gasteiger partial charge in [0.15, 0.2) is 5.78 Å². The third-order valence-electron chi connectivity index (χ3n) is 3.08. The molecule has 0 unspecified atom stereocenters. The van der Waals surface area contributed by atoms with E-state index in [1.165, 1.54) is 0 Å². The molecule has 112 valence electrons. The van der Waals surface area contributed by atoms with E-state index in [1.54, 1.807) is 0 Å². The minimum absolute atomic E-state index is 0.218. The summed E-state index contributed by atoms with van der Waals surface area (Å²) in [6.07, 6.45) is 0.585. The van der Waals surface area contributed by atoms with E-state index in [-0.39, 0.29) is 5.78 Å². The molecule has 3 heteroatoms. The van der Waals surface area contributed by atoms with Crippen LogP contribution in [0.3, 0.4) is 0 Å². The molecule has 1 rings (SSSR count). The van der Waals surface area contributed by atoms with Crippen molar-refractivity contribution in [3.63, 3.8) is 0 Å². The quantitative estimate of drug-likeness (QED) is 0.643. The van der Waals surface area contributed by atoms with E-state index >= 15 is 0 Å². The molecule has 2 nitrogen and oxygen atoms in total. The molecule has 0 saturated heterocycles. The molecule has 0 heterocycles. The lowest BCUT2D eigenvalue weighted by Gasteiger charge is -2.25. The number of carbonyl (C=O) groups is 1. The zero-order chi connectivity index (χ0) is 15.1. The average molecular weight is 340 g/mol. The Hall–Kier alpha value is -0.670. The van der Waals surface area contributed by atoms with Crippen LogP contribution in [0.25, 0.3) is 0 Å². The van der Waals surface area contributed by atoms with Crippen LogP contribution < -0.4 is 0 Å². The molecule has 1 aromatic carbocycles. The smallest absolute Gasteiger partial charge is 0.165 e. The Balaban J connectivity index is 2.58. The third kappa shape index (κ3) is 6.19. The molecule has 0 aliphatic carbocycles. The van der Waals surface area contributed by atoms with E-state index in [1.807, 2.05) is 24.3 Å². The highest BCUT2D eigenvalue weighted by Gasteiger charge is 2.14. The first-order valence-electron chi connectivity index (χ1n) is 7.40. The Bertz CT molecular complexity index is 419. The Morgan fingerprint density at radius 3 is 2.15 bits per heavy atom. The fraction of sp³-hybridized carbons (Fsp3) is 0.588. The molecule has 0 fully saturated rings. The summed E-state index contributed by atoms with van der Waals surface area (Å²) in [6.45, 7) is 11.9. The Kier molecular flexibility index (Phi) is 7.46. The van der Waals surface area contributed by atoms with Crippen LogP contribution in [0.1, 0.15) is 44.5 Å². The van der Waals surface area contributed by atoms with Crippen molar-refractivity contribution < 1.29 is 4.79 Å². The lowest BCUT2D eigenvalue weighted by molar-refractivity contribution is 0.0956. The van der Waals surface area contributed by atoms with Gasteiger partial charge in [-0.1, -0.05) is 61.8 Å². The van der Waals surface area contributed by atoms with Gasteiger partial charge in [-0.25, -0.2) is 0 Å². The summed E-state index contributed by atoms with van der Waals surface area (Å²) in [5, 5.41) is 0. The normalized spacial score (nSPS) is 11.6. The number of carbonyl (C=O) groups excluding carboxylic acids is 1. The molecule has 0 N–H and O–H groups in total. The highest BCUT2D eigenvalue weighted by Crippen LogP contribution is 2.18. The average Bonchev–Trinajstić information content (AvgIpc) is 2.34. The molecule has 20 heavy (non-hydrogen) atoms. The Morgan fingerprint density at radius 1 is 1.10 bits per heavy atom. The molecule has 0 aromatic heterocycles. The number of rotatable bonds is 8. The highest BCUT2D eigenvalue weighted by molar-refractivity contribution is 9.10. The number of ketones is 1. The molecule has 0 aliphatic rings. The predicted octanol–water partition coefficient (Wildman–Crippen LogP) is 4.64. The second-order valence-electron chi connectivity index (χ2n) is 6.20. The summed E-state index contributed by atoms with van der Waals surface area (Å²) in [6, 6.07) is 7.66. The first-order valence-corrected chi connectivity index (χ1v) is 8.19. The fourth-order valence-corrected chi connectivity index (χ4v) is 2.88. The zero-order valence-electron chi connectivity index (χ0n) is 13.0. The lowest BCUT2D eigenvalue weighted by atomic mass is 10.1. The van der Waals surface area contributed by atoms with Gasteiger partial charge in [-0.3, -0.25) is 4.79 Å². The number of halogens is 1. The van der Waals surface area contributed by atoms with Crippen molar-refractivity contribution in [1.29, 1.82) is 0 Å². The highest BCUT2D eigenvalue weighted by atomic mass is 79.9. The Morgan fingerprint density at radius 2 is 1.65 bits per heavy atom. The standard InChI is InChI=1S/C17H26BrNO/c1-13(2)11-19(12-14(3)4)10-9-17(20)15-7-5-6-8-16(15)18/h5-8,13-14H,9-12H2,1-4H3. The van der Waals surface area contributed by atoms with Crippen LogP contribution in [-0.2, 0) is 0 Å². The summed E-state index contributed by atoms with van der Waals surface area (Å²) < 4.78 is 0.893. The topological polar surface area (TPSA) is 20.3 Å². The van der Waals surface area contributed by atoms with Gasteiger partial charge in [0.25, 0.3) is 0 Å². The van der Waals surface area contributed by atoms with Crippen molar-refractivity contribution in [1.82, 2.24) is 4.90 Å². The summed E-state index contributed by atoms with van der Waals surface area (Å²) in [7, 11) is 0. The maximum atomic E-state index is 12.3. The van der Waals surface area contributed by atoms with E-state index in [9.17, 15) is 4.79 Å². The van der Waals surface area contributed by atoms with Gasteiger partial charge in [-0.15, -0.1) is 0 Å². The maximum Gasteiger partial charge on any atom is 0.165 e. The molecule has 0 radical (unpaired) electrons. The SMILES string of the molecule is CC(C)CN(CCC(=O)c1ccccc1Br)CC(C)C. The molecular formula is C17H26BrNO. The number of hydrogen-bond acceptors (Lipinski definition) is 2. The van der Waals surface area contributed by atoms with Crippen molar-refractivity contribution in [2.24, 2.45) is 11.8 Å². The molecule has 0 aliphatic heterocycles. The van der Waals surface area contributed by atoms with Gasteiger partial charge in [0.1, 0.15) is 0 Å². The molecule has 0 amide bonds. The monoisotopic (exact) mass is 339 g/mol. The van der Waals surface area contributed by atoms with E-state index in [4.69, 9.17) is 0 Å². The molecule has 1 aromatic rings. The summed E-state index contributed by atoms with van der Waals surface area (Å²) >= 11 is 3.45. The van der Waals surface area contributed by atoms with Crippen molar-refractivity contribution in [2.75, 3.05) is 19.6 Å². The summed E-state index contributed by atoms with van der Waals surface area (Å²) in [4.78, 5) is 14.7. The third-order valence-corrected chi connectivity index (χ3v) is 3.77. The largest absolute Gasteiger partial charge is 0.302 e. The van der Waals surface area contributed by atoms with Crippen molar-refractivity contribution in [2.45, 2.75) is 34.1 Å². The number of benzene rings is 1. The van der Waals surface area contributed by atoms with E-state index < -0.39 is 0 Å². The van der Waals surface area contributed by atoms with Crippen LogP contribution in [-0.4, -0.2) is 30.3 Å². The van der Waals surface area contributed by atoms with Gasteiger partial charge in [0.05, 0.1) is 0 Å². The van der Waals surface area contributed by atoms with Crippen LogP contribution in [0.5, 0.6) is 0 Å². The number of Topliss-reactive ketones (excluding diaryl/α,β-unsaturated/α-hetero) is 1. The van der Waals surface area contributed by atoms with E-state index in [0.29, 0.717) is 18.3 Å². The second kappa shape index (κ2) is 8.58. The summed E-state index contributed by atoms with van der Waals surface area (Å²) in [5.74, 6) is 1.48. The number of nitrogens with zero attached hydrogens (tertiary/aromatic N) is 1. The minimum Gasteiger partial charge on any atom is -0.302 e. The van der Waals surface area contributed by atoms with Crippen molar-refractivity contribution >= 4 is 21.7 Å². The van der Waals surface area contributed by atoms with Crippen LogP contribution in [0, 0.1) is 11.8 Å². The molecule has 0 spiro atoms. The lowest BCUT2D eigenvalue weighted by Crippen LogP contribution is -2.33. The van der Waals surface area contributed by atoms with Gasteiger partial charge in [-0.05, 0) is 17.9 Å². The second-order valence-corrected chi connectivity index (χ2v) is 7.05. The molecule has 0 saturated carbocycles. The fourth-order valence-electron chi connectivity index (χ4n) is 2.37. The first kappa shape index (κ1) is 17.4. The van der Waals surface area contributed by atoms with Gasteiger partial charge < -0.3 is 4.90 Å². The van der Waals surface area contributed by atoms with Gasteiger partial charge in [0, 0.05) is 36.1 Å². The minimum atomic E-state index is 0.218. The van der Waals surface area contributed by atoms with Crippen LogP contribution in [0.15, 0.2) is 28.7 Å².